The van der Waals surface area contributed by atoms with Crippen molar-refractivity contribution in [3.8, 4) is 5.75 Å². The van der Waals surface area contributed by atoms with Crippen LogP contribution in [0, 0.1) is 0 Å². The van der Waals surface area contributed by atoms with Gasteiger partial charge in [0.2, 0.25) is 0 Å². The van der Waals surface area contributed by atoms with Crippen LogP contribution in [0.3, 0.4) is 0 Å². The minimum absolute atomic E-state index is 0.128. The van der Waals surface area contributed by atoms with Crippen LogP contribution in [-0.2, 0) is 17.6 Å². The van der Waals surface area contributed by atoms with Gasteiger partial charge in [-0.2, -0.15) is 0 Å². The molecule has 3 aromatic rings. The van der Waals surface area contributed by atoms with Crippen molar-refractivity contribution >= 4 is 17.5 Å². The van der Waals surface area contributed by atoms with Gasteiger partial charge in [-0.1, -0.05) is 42.5 Å². The van der Waals surface area contributed by atoms with Crippen molar-refractivity contribution in [1.82, 2.24) is 14.9 Å². The molecule has 0 spiro atoms. The van der Waals surface area contributed by atoms with Gasteiger partial charge in [-0.25, -0.2) is 4.98 Å². The topological polar surface area (TPSA) is 78.5 Å². The predicted molar refractivity (Wildman–Crippen MR) is 112 cm³/mol. The highest BCUT2D eigenvalue weighted by Gasteiger charge is 2.39. The third kappa shape index (κ3) is 3.12. The SMILES string of the molecule is CN1C(=O)[C@@H](N2CCc3[nH]c(Cc4ccccc4)nc3C2=O)COc2ccccc21. The number of amides is 2. The van der Waals surface area contributed by atoms with Gasteiger partial charge in [0.05, 0.1) is 5.69 Å². The predicted octanol–water partition coefficient (Wildman–Crippen LogP) is 2.42. The van der Waals surface area contributed by atoms with Crippen LogP contribution in [-0.4, -0.2) is 52.9 Å². The van der Waals surface area contributed by atoms with E-state index < -0.39 is 6.04 Å². The Kier molecular flexibility index (Phi) is 4.50. The quantitative estimate of drug-likeness (QED) is 0.730. The maximum absolute atomic E-state index is 13.2. The van der Waals surface area contributed by atoms with Crippen LogP contribution in [0.25, 0.3) is 0 Å². The molecule has 2 aliphatic rings. The number of likely N-dealkylation sites (N-methyl/N-ethyl adjacent to an activating group) is 1. The van der Waals surface area contributed by atoms with Crippen molar-refractivity contribution in [2.24, 2.45) is 0 Å². The average Bonchev–Trinajstić information content (AvgIpc) is 3.13. The standard InChI is InChI=1S/C23H22N4O3/c1-26-17-9-5-6-10-19(17)30-14-18(22(26)28)27-12-11-16-21(23(27)29)25-20(24-16)13-15-7-3-2-4-8-15/h2-10,18H,11-14H2,1H3,(H,24,25)/t18-/m0/s1. The van der Waals surface area contributed by atoms with Gasteiger partial charge in [0.25, 0.3) is 11.8 Å². The summed E-state index contributed by atoms with van der Waals surface area (Å²) in [5.74, 6) is 1.02. The Hall–Kier alpha value is -3.61. The van der Waals surface area contributed by atoms with Crippen LogP contribution >= 0.6 is 0 Å². The molecule has 1 atom stereocenters. The van der Waals surface area contributed by atoms with E-state index in [1.165, 1.54) is 0 Å². The third-order valence-corrected chi connectivity index (χ3v) is 5.72. The molecule has 0 fully saturated rings. The van der Waals surface area contributed by atoms with Crippen LogP contribution in [0.5, 0.6) is 5.75 Å². The number of carbonyl (C=O) groups is 2. The summed E-state index contributed by atoms with van der Waals surface area (Å²) in [5.41, 5.74) is 3.07. The smallest absolute Gasteiger partial charge is 0.275 e. The van der Waals surface area contributed by atoms with Crippen LogP contribution in [0.1, 0.15) is 27.6 Å². The van der Waals surface area contributed by atoms with Gasteiger partial charge < -0.3 is 19.5 Å². The van der Waals surface area contributed by atoms with Gasteiger partial charge in [-0.05, 0) is 17.7 Å². The molecular weight excluding hydrogens is 380 g/mol. The number of benzene rings is 2. The highest BCUT2D eigenvalue weighted by Crippen LogP contribution is 2.32. The summed E-state index contributed by atoms with van der Waals surface area (Å²) in [4.78, 5) is 37.4. The Balaban J connectivity index is 1.39. The van der Waals surface area contributed by atoms with Gasteiger partial charge >= 0.3 is 0 Å². The Labute approximate surface area is 174 Å². The monoisotopic (exact) mass is 402 g/mol. The maximum atomic E-state index is 13.2. The number of ether oxygens (including phenoxy) is 1. The summed E-state index contributed by atoms with van der Waals surface area (Å²) in [5, 5.41) is 0. The van der Waals surface area contributed by atoms with Crippen LogP contribution in [0.4, 0.5) is 5.69 Å². The van der Waals surface area contributed by atoms with Crippen molar-refractivity contribution < 1.29 is 14.3 Å². The molecule has 0 saturated heterocycles. The number of hydrogen-bond donors (Lipinski definition) is 1. The number of H-pyrrole nitrogens is 1. The van der Waals surface area contributed by atoms with E-state index in [9.17, 15) is 9.59 Å². The van der Waals surface area contributed by atoms with Crippen LogP contribution < -0.4 is 9.64 Å². The molecule has 2 aromatic carbocycles. The maximum Gasteiger partial charge on any atom is 0.275 e. The zero-order chi connectivity index (χ0) is 20.7. The van der Waals surface area contributed by atoms with Gasteiger partial charge in [0, 0.05) is 32.1 Å². The molecule has 30 heavy (non-hydrogen) atoms. The number of aromatic amines is 1. The average molecular weight is 402 g/mol. The van der Waals surface area contributed by atoms with E-state index in [2.05, 4.69) is 9.97 Å². The largest absolute Gasteiger partial charge is 0.489 e. The summed E-state index contributed by atoms with van der Waals surface area (Å²) in [7, 11) is 1.72. The fourth-order valence-electron chi connectivity index (χ4n) is 4.12. The van der Waals surface area contributed by atoms with E-state index >= 15 is 0 Å². The van der Waals surface area contributed by atoms with Gasteiger partial charge in [-0.3, -0.25) is 9.59 Å². The zero-order valence-corrected chi connectivity index (χ0v) is 16.7. The lowest BCUT2D eigenvalue weighted by atomic mass is 10.1. The van der Waals surface area contributed by atoms with Gasteiger partial charge in [0.15, 0.2) is 0 Å². The molecule has 1 aromatic heterocycles. The molecule has 3 heterocycles. The minimum atomic E-state index is -0.683. The lowest BCUT2D eigenvalue weighted by molar-refractivity contribution is -0.123. The number of imidazole rings is 1. The number of nitrogens with one attached hydrogen (secondary N) is 1. The lowest BCUT2D eigenvalue weighted by Crippen LogP contribution is -2.54. The highest BCUT2D eigenvalue weighted by atomic mass is 16.5. The first kappa shape index (κ1) is 18.4. The number of fused-ring (bicyclic) bond motifs is 2. The molecule has 0 unspecified atom stereocenters. The Morgan fingerprint density at radius 2 is 1.87 bits per heavy atom. The van der Waals surface area contributed by atoms with E-state index in [0.717, 1.165) is 17.1 Å². The van der Waals surface area contributed by atoms with Gasteiger partial charge in [-0.15, -0.1) is 0 Å². The van der Waals surface area contributed by atoms with Crippen molar-refractivity contribution in [2.45, 2.75) is 18.9 Å². The summed E-state index contributed by atoms with van der Waals surface area (Å²) >= 11 is 0. The second-order valence-corrected chi connectivity index (χ2v) is 7.61. The molecule has 1 N–H and O–H groups in total. The van der Waals surface area contributed by atoms with Crippen molar-refractivity contribution in [3.63, 3.8) is 0 Å². The normalized spacial score (nSPS) is 18.5. The van der Waals surface area contributed by atoms with Crippen molar-refractivity contribution in [2.75, 3.05) is 25.1 Å². The summed E-state index contributed by atoms with van der Waals surface area (Å²) in [6, 6.07) is 16.7. The molecule has 0 aliphatic carbocycles. The third-order valence-electron chi connectivity index (χ3n) is 5.72. The first-order valence-electron chi connectivity index (χ1n) is 10.0. The second-order valence-electron chi connectivity index (χ2n) is 7.61. The van der Waals surface area contributed by atoms with E-state index in [-0.39, 0.29) is 18.4 Å². The number of hydrogen-bond acceptors (Lipinski definition) is 4. The molecule has 0 bridgehead atoms. The number of anilines is 1. The molecule has 5 rings (SSSR count). The first-order chi connectivity index (χ1) is 14.6. The van der Waals surface area contributed by atoms with Crippen molar-refractivity contribution in [1.29, 1.82) is 0 Å². The Morgan fingerprint density at radius 1 is 1.10 bits per heavy atom. The zero-order valence-electron chi connectivity index (χ0n) is 16.7. The van der Waals surface area contributed by atoms with Crippen LogP contribution in [0.2, 0.25) is 0 Å². The molecule has 7 nitrogen and oxygen atoms in total. The molecule has 152 valence electrons. The number of para-hydroxylation sites is 2. The minimum Gasteiger partial charge on any atom is -0.489 e. The molecule has 2 aliphatic heterocycles. The highest BCUT2D eigenvalue weighted by molar-refractivity contribution is 6.03. The molecular formula is C23H22N4O3. The number of rotatable bonds is 3. The molecule has 0 radical (unpaired) electrons. The number of nitrogens with zero attached hydrogens (tertiary/aromatic N) is 3. The van der Waals surface area contributed by atoms with E-state index in [1.54, 1.807) is 16.8 Å². The molecule has 7 heteroatoms. The van der Waals surface area contributed by atoms with E-state index in [0.29, 0.717) is 36.5 Å². The van der Waals surface area contributed by atoms with Gasteiger partial charge in [0.1, 0.15) is 29.9 Å². The summed E-state index contributed by atoms with van der Waals surface area (Å²) < 4.78 is 5.89. The summed E-state index contributed by atoms with van der Waals surface area (Å²) in [6.07, 6.45) is 1.26. The summed E-state index contributed by atoms with van der Waals surface area (Å²) in [6.45, 7) is 0.575. The Morgan fingerprint density at radius 3 is 2.70 bits per heavy atom. The van der Waals surface area contributed by atoms with Crippen molar-refractivity contribution in [3.05, 3.63) is 77.4 Å². The number of carbonyl (C=O) groups excluding carboxylic acids is 2. The fraction of sp³-hybridized carbons (Fsp3) is 0.261. The fourth-order valence-corrected chi connectivity index (χ4v) is 4.12. The van der Waals surface area contributed by atoms with E-state index in [4.69, 9.17) is 4.74 Å². The van der Waals surface area contributed by atoms with E-state index in [1.807, 2.05) is 54.6 Å². The molecule has 0 saturated carbocycles. The second kappa shape index (κ2) is 7.33. The first-order valence-corrected chi connectivity index (χ1v) is 10.0. The number of aromatic nitrogens is 2. The van der Waals surface area contributed by atoms with Crippen LogP contribution in [0.15, 0.2) is 54.6 Å². The Bertz CT molecular complexity index is 1110. The molecule has 2 amide bonds. The lowest BCUT2D eigenvalue weighted by Gasteiger charge is -2.33.